The van der Waals surface area contributed by atoms with Crippen molar-refractivity contribution in [3.63, 3.8) is 0 Å². The van der Waals surface area contributed by atoms with E-state index in [4.69, 9.17) is 16.3 Å². The number of hydrogen-bond donors (Lipinski definition) is 1. The Bertz CT molecular complexity index is 924. The summed E-state index contributed by atoms with van der Waals surface area (Å²) in [7, 11) is 0. The minimum atomic E-state index is -0.724. The smallest absolute Gasteiger partial charge is 0.357 e. The van der Waals surface area contributed by atoms with Crippen molar-refractivity contribution in [1.82, 2.24) is 9.55 Å². The summed E-state index contributed by atoms with van der Waals surface area (Å²) in [5.74, 6) is -1.61. The minimum absolute atomic E-state index is 0.121. The second-order valence-corrected chi connectivity index (χ2v) is 5.69. The van der Waals surface area contributed by atoms with Crippen molar-refractivity contribution in [3.05, 3.63) is 77.6 Å². The second-order valence-electron chi connectivity index (χ2n) is 5.26. The van der Waals surface area contributed by atoms with Gasteiger partial charge in [-0.15, -0.1) is 0 Å². The fourth-order valence-corrected chi connectivity index (χ4v) is 2.31. The van der Waals surface area contributed by atoms with E-state index in [0.29, 0.717) is 16.4 Å². The number of hydrogen-bond acceptors (Lipinski definition) is 4. The number of carbonyl (C=O) groups is 2. The number of aromatic nitrogens is 2. The van der Waals surface area contributed by atoms with Gasteiger partial charge >= 0.3 is 5.97 Å². The van der Waals surface area contributed by atoms with Gasteiger partial charge in [0.1, 0.15) is 5.82 Å². The second kappa shape index (κ2) is 7.79. The Kier molecular flexibility index (Phi) is 5.28. The van der Waals surface area contributed by atoms with Gasteiger partial charge in [-0.3, -0.25) is 9.36 Å². The van der Waals surface area contributed by atoms with Crippen LogP contribution < -0.4 is 5.32 Å². The largest absolute Gasteiger partial charge is 0.451 e. The van der Waals surface area contributed by atoms with Gasteiger partial charge < -0.3 is 10.1 Å². The molecule has 0 bridgehead atoms. The Morgan fingerprint density at radius 3 is 2.50 bits per heavy atom. The highest BCUT2D eigenvalue weighted by atomic mass is 35.5. The predicted molar refractivity (Wildman–Crippen MR) is 93.9 cm³/mol. The zero-order valence-corrected chi connectivity index (χ0v) is 14.1. The number of halogens is 2. The third-order valence-corrected chi connectivity index (χ3v) is 3.67. The molecule has 0 radical (unpaired) electrons. The van der Waals surface area contributed by atoms with E-state index in [2.05, 4.69) is 10.3 Å². The van der Waals surface area contributed by atoms with Crippen molar-refractivity contribution < 1.29 is 18.7 Å². The van der Waals surface area contributed by atoms with E-state index in [1.165, 1.54) is 41.4 Å². The van der Waals surface area contributed by atoms with Crippen LogP contribution in [-0.4, -0.2) is 28.0 Å². The monoisotopic (exact) mass is 373 g/mol. The highest BCUT2D eigenvalue weighted by molar-refractivity contribution is 6.30. The number of imidazole rings is 1. The van der Waals surface area contributed by atoms with Gasteiger partial charge in [0.2, 0.25) is 0 Å². The lowest BCUT2D eigenvalue weighted by atomic mass is 10.3. The van der Waals surface area contributed by atoms with Gasteiger partial charge in [-0.1, -0.05) is 11.6 Å². The number of carbonyl (C=O) groups excluding carboxylic acids is 2. The lowest BCUT2D eigenvalue weighted by molar-refractivity contribution is -0.119. The van der Waals surface area contributed by atoms with Crippen LogP contribution in [0.4, 0.5) is 10.1 Å². The van der Waals surface area contributed by atoms with Gasteiger partial charge in [-0.25, -0.2) is 14.2 Å². The summed E-state index contributed by atoms with van der Waals surface area (Å²) in [6, 6.07) is 12.1. The maximum atomic E-state index is 13.0. The zero-order chi connectivity index (χ0) is 18.5. The Morgan fingerprint density at radius 1 is 1.12 bits per heavy atom. The first-order valence-electron chi connectivity index (χ1n) is 7.54. The SMILES string of the molecule is O=C(COC(=O)c1cncn1-c1ccc(F)cc1)Nc1ccc(Cl)cc1. The van der Waals surface area contributed by atoms with Crippen LogP contribution in [-0.2, 0) is 9.53 Å². The molecule has 8 heteroatoms. The first-order valence-corrected chi connectivity index (χ1v) is 7.91. The first kappa shape index (κ1) is 17.6. The lowest BCUT2D eigenvalue weighted by Gasteiger charge is -2.09. The molecule has 0 fully saturated rings. The molecular formula is C18H13ClFN3O3. The number of nitrogens with zero attached hydrogens (tertiary/aromatic N) is 2. The number of anilines is 1. The Balaban J connectivity index is 1.62. The molecule has 0 unspecified atom stereocenters. The van der Waals surface area contributed by atoms with Crippen LogP contribution >= 0.6 is 11.6 Å². The van der Waals surface area contributed by atoms with Crippen LogP contribution in [0.3, 0.4) is 0 Å². The summed E-state index contributed by atoms with van der Waals surface area (Å²) in [6.45, 7) is -0.462. The van der Waals surface area contributed by atoms with E-state index in [1.54, 1.807) is 24.3 Å². The summed E-state index contributed by atoms with van der Waals surface area (Å²) >= 11 is 5.77. The van der Waals surface area contributed by atoms with Gasteiger partial charge in [0.25, 0.3) is 5.91 Å². The highest BCUT2D eigenvalue weighted by Gasteiger charge is 2.16. The van der Waals surface area contributed by atoms with Crippen LogP contribution in [0.15, 0.2) is 61.1 Å². The molecule has 0 saturated carbocycles. The van der Waals surface area contributed by atoms with E-state index in [-0.39, 0.29) is 5.69 Å². The molecule has 26 heavy (non-hydrogen) atoms. The predicted octanol–water partition coefficient (Wildman–Crippen LogP) is 3.46. The zero-order valence-electron chi connectivity index (χ0n) is 13.4. The Labute approximate surface area is 153 Å². The third-order valence-electron chi connectivity index (χ3n) is 3.41. The van der Waals surface area contributed by atoms with Crippen molar-refractivity contribution in [2.24, 2.45) is 0 Å². The van der Waals surface area contributed by atoms with Gasteiger partial charge in [-0.2, -0.15) is 0 Å². The molecule has 0 aliphatic rings. The number of ether oxygens (including phenoxy) is 1. The van der Waals surface area contributed by atoms with Gasteiger partial charge in [0.15, 0.2) is 12.3 Å². The number of amides is 1. The Morgan fingerprint density at radius 2 is 1.81 bits per heavy atom. The summed E-state index contributed by atoms with van der Waals surface area (Å²) in [4.78, 5) is 28.0. The topological polar surface area (TPSA) is 73.2 Å². The average molecular weight is 374 g/mol. The van der Waals surface area contributed by atoms with Crippen LogP contribution in [0.2, 0.25) is 5.02 Å². The van der Waals surface area contributed by atoms with Crippen LogP contribution in [0.25, 0.3) is 5.69 Å². The number of rotatable bonds is 5. The first-order chi connectivity index (χ1) is 12.5. The standard InChI is InChI=1S/C18H13ClFN3O3/c19-12-1-5-14(6-2-12)22-17(24)10-26-18(25)16-9-21-11-23(16)15-7-3-13(20)4-8-15/h1-9,11H,10H2,(H,22,24). The molecule has 1 heterocycles. The molecule has 1 N–H and O–H groups in total. The fourth-order valence-electron chi connectivity index (χ4n) is 2.19. The maximum Gasteiger partial charge on any atom is 0.357 e. The van der Waals surface area contributed by atoms with Crippen molar-refractivity contribution in [1.29, 1.82) is 0 Å². The molecule has 0 spiro atoms. The molecule has 0 aliphatic carbocycles. The number of benzene rings is 2. The molecule has 2 aromatic carbocycles. The summed E-state index contributed by atoms with van der Waals surface area (Å²) < 4.78 is 19.5. The number of nitrogens with one attached hydrogen (secondary N) is 1. The molecule has 3 aromatic rings. The molecule has 1 amide bonds. The third kappa shape index (κ3) is 4.25. The van der Waals surface area contributed by atoms with E-state index in [0.717, 1.165) is 0 Å². The molecule has 0 saturated heterocycles. The summed E-state index contributed by atoms with van der Waals surface area (Å²) in [6.07, 6.45) is 2.71. The van der Waals surface area contributed by atoms with E-state index in [1.807, 2.05) is 0 Å². The molecule has 132 valence electrons. The van der Waals surface area contributed by atoms with Crippen molar-refractivity contribution >= 4 is 29.2 Å². The quantitative estimate of drug-likeness (QED) is 0.695. The molecule has 0 aliphatic heterocycles. The van der Waals surface area contributed by atoms with Gasteiger partial charge in [0.05, 0.1) is 12.5 Å². The Hall–Kier alpha value is -3.19. The van der Waals surface area contributed by atoms with Gasteiger partial charge in [-0.05, 0) is 48.5 Å². The normalized spacial score (nSPS) is 10.4. The molecule has 3 rings (SSSR count). The highest BCUT2D eigenvalue weighted by Crippen LogP contribution is 2.14. The van der Waals surface area contributed by atoms with E-state index in [9.17, 15) is 14.0 Å². The number of esters is 1. The molecule has 0 atom stereocenters. The molecule has 1 aromatic heterocycles. The summed E-state index contributed by atoms with van der Waals surface area (Å²) in [5, 5.41) is 3.13. The molecule has 6 nitrogen and oxygen atoms in total. The van der Waals surface area contributed by atoms with Crippen molar-refractivity contribution in [2.45, 2.75) is 0 Å². The summed E-state index contributed by atoms with van der Waals surface area (Å²) in [5.41, 5.74) is 1.20. The van der Waals surface area contributed by atoms with Crippen molar-refractivity contribution in [2.75, 3.05) is 11.9 Å². The van der Waals surface area contributed by atoms with Crippen LogP contribution in [0.5, 0.6) is 0 Å². The van der Waals surface area contributed by atoms with Crippen LogP contribution in [0, 0.1) is 5.82 Å². The van der Waals surface area contributed by atoms with E-state index < -0.39 is 24.3 Å². The minimum Gasteiger partial charge on any atom is -0.451 e. The molecular weight excluding hydrogens is 361 g/mol. The maximum absolute atomic E-state index is 13.0. The average Bonchev–Trinajstić information content (AvgIpc) is 3.12. The van der Waals surface area contributed by atoms with E-state index >= 15 is 0 Å². The van der Waals surface area contributed by atoms with Crippen molar-refractivity contribution in [3.8, 4) is 5.69 Å². The lowest BCUT2D eigenvalue weighted by Crippen LogP contribution is -2.21. The fraction of sp³-hybridized carbons (Fsp3) is 0.0556. The van der Waals surface area contributed by atoms with Gasteiger partial charge in [0, 0.05) is 16.4 Å². The van der Waals surface area contributed by atoms with Crippen LogP contribution in [0.1, 0.15) is 10.5 Å².